The molecule has 0 fully saturated rings. The molecule has 0 aromatic heterocycles. The maximum Gasteiger partial charge on any atom is 0.178 e. The molecule has 1 rings (SSSR count). The number of nitrogens with two attached hydrogens (primary N) is 2. The van der Waals surface area contributed by atoms with Gasteiger partial charge in [0.2, 0.25) is 0 Å². The van der Waals surface area contributed by atoms with Gasteiger partial charge in [-0.3, -0.25) is 0 Å². The fraction of sp³-hybridized carbons (Fsp3) is 0.250. The van der Waals surface area contributed by atoms with E-state index in [1.165, 1.54) is 18.2 Å². The van der Waals surface area contributed by atoms with Crippen molar-refractivity contribution in [1.29, 1.82) is 0 Å². The molecule has 0 saturated carbocycles. The van der Waals surface area contributed by atoms with Crippen LogP contribution in [0.25, 0.3) is 6.15 Å². The quantitative estimate of drug-likeness (QED) is 0.0899. The summed E-state index contributed by atoms with van der Waals surface area (Å²) in [6, 6.07) is 3.94. The summed E-state index contributed by atoms with van der Waals surface area (Å²) in [6.07, 6.45) is -3.33. The third-order valence-electron chi connectivity index (χ3n) is 1.60. The van der Waals surface area contributed by atoms with Crippen LogP contribution in [0.5, 0.6) is 0 Å². The van der Waals surface area contributed by atoms with Gasteiger partial charge in [-0.2, -0.15) is 0 Å². The van der Waals surface area contributed by atoms with Gasteiger partial charge in [-0.25, -0.2) is 0 Å². The van der Waals surface area contributed by atoms with E-state index in [0.717, 1.165) is 0 Å². The van der Waals surface area contributed by atoms with Gasteiger partial charge in [0.1, 0.15) is 0 Å². The number of rotatable bonds is 2. The number of benzene rings is 1. The Hall–Kier alpha value is 2.35. The monoisotopic (exact) mass is 730 g/mol. The number of aliphatic hydroxyl groups is 4. The van der Waals surface area contributed by atoms with Crippen molar-refractivity contribution in [3.05, 3.63) is 35.5 Å². The van der Waals surface area contributed by atoms with E-state index in [1.54, 1.807) is 0 Å². The smallest absolute Gasteiger partial charge is 0.178 e. The zero-order valence-corrected chi connectivity index (χ0v) is 28.4. The Morgan fingerprint density at radius 2 is 0.909 bits per heavy atom. The first-order chi connectivity index (χ1) is 6.00. The molecule has 1 aromatic rings. The van der Waals surface area contributed by atoms with Gasteiger partial charge < -0.3 is 54.2 Å². The predicted molar refractivity (Wildman–Crippen MR) is 66.2 cm³/mol. The van der Waals surface area contributed by atoms with E-state index in [0.29, 0.717) is 0 Å². The van der Waals surface area contributed by atoms with Crippen LogP contribution in [0.1, 0.15) is 23.7 Å². The van der Waals surface area contributed by atoms with Gasteiger partial charge in [-0.15, -0.1) is 0 Å². The molecule has 0 spiro atoms. The molecule has 0 radical (unpaired) electrons. The van der Waals surface area contributed by atoms with Gasteiger partial charge in [0.05, 0.1) is 0 Å². The van der Waals surface area contributed by atoms with Crippen molar-refractivity contribution in [3.8, 4) is 0 Å². The average molecular weight is 724 g/mol. The molecule has 10 nitrogen and oxygen atoms in total. The maximum absolute atomic E-state index is 8.79. The summed E-state index contributed by atoms with van der Waals surface area (Å²) in [7, 11) is 0. The number of anilines is 1. The number of hydrogen-bond donors (Lipinski definition) is 5. The Balaban J connectivity index is -0.0000000268. The normalized spacial score (nSPS) is 6.64. The molecule has 17 N–H and O–H groups in total. The van der Waals surface area contributed by atoms with Crippen LogP contribution in [0.15, 0.2) is 18.2 Å². The van der Waals surface area contributed by atoms with Gasteiger partial charge >= 0.3 is 0 Å². The number of hydrogen-bond acceptors (Lipinski definition) is 5. The van der Waals surface area contributed by atoms with Crippen LogP contribution in [0.4, 0.5) is 5.69 Å². The first kappa shape index (κ1) is 56.3. The van der Waals surface area contributed by atoms with Crippen LogP contribution in [-0.2, 0) is 115 Å². The molecule has 14 heteroatoms. The molecular weight excluding hydrogens is 702 g/mol. The average Bonchev–Trinajstić information content (AvgIpc) is 2.03. The van der Waals surface area contributed by atoms with Crippen LogP contribution in [0, 0.1) is 0 Å². The molecule has 0 bridgehead atoms. The third-order valence-corrected chi connectivity index (χ3v) is 1.60. The van der Waals surface area contributed by atoms with Crippen LogP contribution in [0.3, 0.4) is 0 Å². The van der Waals surface area contributed by atoms with E-state index in [1.807, 2.05) is 0 Å². The number of aliphatic hydroxyl groups excluding tert-OH is 2. The van der Waals surface area contributed by atoms with E-state index in [4.69, 9.17) is 26.2 Å². The van der Waals surface area contributed by atoms with Crippen molar-refractivity contribution in [1.82, 2.24) is 0 Å². The third kappa shape index (κ3) is 20.4. The SMILES string of the molecule is Nc1cc(C(O)O)cc(C(O)O)c1.O.O.O.[Cd].[Cd].[Cd].[Cd].[NH2-].[OH3+]. The van der Waals surface area contributed by atoms with Crippen molar-refractivity contribution in [2.24, 2.45) is 0 Å². The van der Waals surface area contributed by atoms with E-state index in [9.17, 15) is 0 Å². The topological polar surface area (TPSA) is 268 Å². The Labute approximate surface area is 208 Å². The van der Waals surface area contributed by atoms with E-state index < -0.39 is 12.6 Å². The predicted octanol–water partition coefficient (Wildman–Crippen LogP) is -3.45. The van der Waals surface area contributed by atoms with Crippen LogP contribution in [-0.4, -0.2) is 36.9 Å². The largest absolute Gasteiger partial charge is 0.693 e. The van der Waals surface area contributed by atoms with Crippen molar-refractivity contribution in [2.45, 2.75) is 12.6 Å². The molecule has 0 aliphatic heterocycles. The maximum atomic E-state index is 8.79. The Morgan fingerprint density at radius 1 is 0.682 bits per heavy atom. The van der Waals surface area contributed by atoms with Crippen molar-refractivity contribution in [3.63, 3.8) is 0 Å². The van der Waals surface area contributed by atoms with Crippen molar-refractivity contribution in [2.75, 3.05) is 5.73 Å². The second kappa shape index (κ2) is 28.2. The first-order valence-electron chi connectivity index (χ1n) is 3.63. The molecule has 0 aliphatic carbocycles. The fourth-order valence-electron chi connectivity index (χ4n) is 1.00. The van der Waals surface area contributed by atoms with Gasteiger partial charge in [0.15, 0.2) is 12.6 Å². The minimum absolute atomic E-state index is 0. The summed E-state index contributed by atoms with van der Waals surface area (Å²) in [5.74, 6) is 0. The van der Waals surface area contributed by atoms with E-state index >= 15 is 0 Å². The van der Waals surface area contributed by atoms with E-state index in [2.05, 4.69) is 0 Å². The fourth-order valence-corrected chi connectivity index (χ4v) is 1.00. The van der Waals surface area contributed by atoms with Gasteiger partial charge in [0, 0.05) is 126 Å². The summed E-state index contributed by atoms with van der Waals surface area (Å²) < 4.78 is 0. The van der Waals surface area contributed by atoms with Crippen LogP contribution < -0.4 is 5.73 Å². The minimum atomic E-state index is -1.67. The zero-order valence-electron chi connectivity index (χ0n) is 12.2. The first-order valence-corrected chi connectivity index (χ1v) is 3.63. The zero-order chi connectivity index (χ0) is 10.0. The summed E-state index contributed by atoms with van der Waals surface area (Å²) in [4.78, 5) is 0. The van der Waals surface area contributed by atoms with Crippen molar-refractivity contribution < 1.29 is 152 Å². The Kier molecular flexibility index (Phi) is 72.1. The molecule has 0 unspecified atom stereocenters. The molecule has 0 aliphatic rings. The molecule has 0 heterocycles. The summed E-state index contributed by atoms with van der Waals surface area (Å²) in [5, 5.41) is 35.2. The molecular formula is C8H22Cd4N2O8. The van der Waals surface area contributed by atoms with Crippen molar-refractivity contribution >= 4 is 5.69 Å². The summed E-state index contributed by atoms with van der Waals surface area (Å²) in [5.41, 5.74) is 5.89. The second-order valence-corrected chi connectivity index (χ2v) is 2.68. The Morgan fingerprint density at radius 3 is 1.09 bits per heavy atom. The summed E-state index contributed by atoms with van der Waals surface area (Å²) in [6.45, 7) is 0. The molecule has 0 saturated heterocycles. The minimum Gasteiger partial charge on any atom is -0.693 e. The number of nitrogen functional groups attached to an aromatic ring is 1. The van der Waals surface area contributed by atoms with Crippen LogP contribution in [0.2, 0.25) is 0 Å². The van der Waals surface area contributed by atoms with Gasteiger partial charge in [0.25, 0.3) is 0 Å². The van der Waals surface area contributed by atoms with E-state index in [-0.39, 0.29) is 154 Å². The molecule has 120 valence electrons. The van der Waals surface area contributed by atoms with Crippen LogP contribution >= 0.6 is 0 Å². The standard InChI is InChI=1S/C8H11NO4.4Cd.H2N.4H2O/c9-6-2-4(7(10)11)1-5(3-6)8(12)13;;;;;;;;;/h1-3,7-8,10-13H,9H2;;;;;5*1H2/q;;;;;-1;;;;/p+1. The molecule has 22 heavy (non-hydrogen) atoms. The van der Waals surface area contributed by atoms with Gasteiger partial charge in [-0.05, 0) is 18.2 Å². The molecule has 0 atom stereocenters. The summed E-state index contributed by atoms with van der Waals surface area (Å²) >= 11 is 0. The van der Waals surface area contributed by atoms with Gasteiger partial charge in [-0.1, -0.05) is 0 Å². The molecule has 0 amide bonds. The molecule has 1 aromatic carbocycles. The Bertz CT molecular complexity index is 296. The second-order valence-electron chi connectivity index (χ2n) is 2.68.